The van der Waals surface area contributed by atoms with E-state index in [1.165, 1.54) is 6.20 Å². The van der Waals surface area contributed by atoms with Gasteiger partial charge < -0.3 is 10.4 Å². The molecule has 1 heterocycles. The van der Waals surface area contributed by atoms with Crippen molar-refractivity contribution in [3.63, 3.8) is 0 Å². The Hall–Kier alpha value is -1.43. The third-order valence-electron chi connectivity index (χ3n) is 3.37. The molecule has 0 unspecified atom stereocenters. The summed E-state index contributed by atoms with van der Waals surface area (Å²) in [7, 11) is 0. The minimum atomic E-state index is -1.04. The van der Waals surface area contributed by atoms with Gasteiger partial charge in [0.05, 0.1) is 12.7 Å². The molecule has 0 fully saturated rings. The first kappa shape index (κ1) is 15.6. The molecule has 0 spiro atoms. The summed E-state index contributed by atoms with van der Waals surface area (Å²) >= 11 is 0. The van der Waals surface area contributed by atoms with E-state index in [1.54, 1.807) is 4.68 Å². The van der Waals surface area contributed by atoms with Crippen molar-refractivity contribution in [1.29, 1.82) is 0 Å². The molecule has 0 amide bonds. The minimum absolute atomic E-state index is 0.0118. The van der Waals surface area contributed by atoms with Gasteiger partial charge in [-0.05, 0) is 24.3 Å². The van der Waals surface area contributed by atoms with Crippen LogP contribution in [0.15, 0.2) is 6.20 Å². The summed E-state index contributed by atoms with van der Waals surface area (Å²) in [4.78, 5) is 10.7. The van der Waals surface area contributed by atoms with Gasteiger partial charge in [-0.15, -0.1) is 5.10 Å². The second-order valence-electron chi connectivity index (χ2n) is 5.53. The van der Waals surface area contributed by atoms with Gasteiger partial charge in [-0.1, -0.05) is 32.9 Å². The van der Waals surface area contributed by atoms with Gasteiger partial charge in [0.2, 0.25) is 0 Å². The van der Waals surface area contributed by atoms with Crippen LogP contribution in [0.3, 0.4) is 0 Å². The van der Waals surface area contributed by atoms with E-state index >= 15 is 0 Å². The van der Waals surface area contributed by atoms with E-state index in [0.717, 1.165) is 13.1 Å². The molecular formula is C13H24N4O2. The van der Waals surface area contributed by atoms with Crippen molar-refractivity contribution in [2.45, 2.75) is 34.2 Å². The molecule has 0 atom stereocenters. The second kappa shape index (κ2) is 7.23. The number of hydrogen-bond donors (Lipinski definition) is 2. The number of carboxylic acids is 1. The number of hydrogen-bond acceptors (Lipinski definition) is 4. The number of carbonyl (C=O) groups is 1. The Labute approximate surface area is 114 Å². The van der Waals surface area contributed by atoms with Gasteiger partial charge in [-0.25, -0.2) is 4.79 Å². The van der Waals surface area contributed by atoms with E-state index in [2.05, 4.69) is 43.3 Å². The van der Waals surface area contributed by atoms with Crippen LogP contribution >= 0.6 is 0 Å². The highest BCUT2D eigenvalue weighted by molar-refractivity contribution is 5.84. The summed E-state index contributed by atoms with van der Waals surface area (Å²) in [5.74, 6) is 0.902. The number of aromatic carboxylic acids is 1. The Balaban J connectivity index is 2.31. The molecule has 6 heteroatoms. The molecule has 1 aromatic rings. The van der Waals surface area contributed by atoms with Crippen LogP contribution in [0.1, 0.15) is 38.2 Å². The quantitative estimate of drug-likeness (QED) is 0.698. The van der Waals surface area contributed by atoms with E-state index in [0.29, 0.717) is 24.3 Å². The number of nitrogens with one attached hydrogen (secondary N) is 1. The van der Waals surface area contributed by atoms with E-state index in [-0.39, 0.29) is 5.69 Å². The lowest BCUT2D eigenvalue weighted by molar-refractivity contribution is 0.0690. The monoisotopic (exact) mass is 268 g/mol. The summed E-state index contributed by atoms with van der Waals surface area (Å²) in [6.45, 7) is 11.3. The van der Waals surface area contributed by atoms with Gasteiger partial charge in [0.25, 0.3) is 0 Å². The van der Waals surface area contributed by atoms with Crippen molar-refractivity contribution in [3.05, 3.63) is 11.9 Å². The molecule has 0 aliphatic carbocycles. The molecule has 0 aliphatic heterocycles. The molecule has 0 bridgehead atoms. The zero-order valence-corrected chi connectivity index (χ0v) is 12.1. The molecule has 0 aromatic carbocycles. The van der Waals surface area contributed by atoms with Crippen LogP contribution in [-0.2, 0) is 6.54 Å². The van der Waals surface area contributed by atoms with Crippen LogP contribution in [0.2, 0.25) is 0 Å². The molecule has 108 valence electrons. The maximum atomic E-state index is 10.7. The molecule has 0 saturated carbocycles. The average Bonchev–Trinajstić information content (AvgIpc) is 2.76. The lowest BCUT2D eigenvalue weighted by Gasteiger charge is -2.25. The van der Waals surface area contributed by atoms with Gasteiger partial charge in [0, 0.05) is 6.54 Å². The fraction of sp³-hybridized carbons (Fsp3) is 0.769. The summed E-state index contributed by atoms with van der Waals surface area (Å²) in [5.41, 5.74) is -0.0118. The van der Waals surface area contributed by atoms with Crippen LogP contribution in [0.5, 0.6) is 0 Å². The number of carboxylic acid groups (broad SMARTS) is 1. The summed E-state index contributed by atoms with van der Waals surface area (Å²) in [6.07, 6.45) is 1.45. The highest BCUT2D eigenvalue weighted by Gasteiger charge is 2.16. The highest BCUT2D eigenvalue weighted by atomic mass is 16.4. The van der Waals surface area contributed by atoms with Gasteiger partial charge in [0.1, 0.15) is 0 Å². The molecule has 1 aromatic heterocycles. The average molecular weight is 268 g/mol. The van der Waals surface area contributed by atoms with Crippen molar-refractivity contribution in [1.82, 2.24) is 20.3 Å². The largest absolute Gasteiger partial charge is 0.476 e. The lowest BCUT2D eigenvalue weighted by Crippen LogP contribution is -2.31. The van der Waals surface area contributed by atoms with Gasteiger partial charge in [0.15, 0.2) is 5.69 Å². The molecule has 19 heavy (non-hydrogen) atoms. The Morgan fingerprint density at radius 3 is 2.47 bits per heavy atom. The third-order valence-corrected chi connectivity index (χ3v) is 3.37. The maximum absolute atomic E-state index is 10.7. The molecule has 0 radical (unpaired) electrons. The van der Waals surface area contributed by atoms with Gasteiger partial charge in [-0.3, -0.25) is 4.68 Å². The molecular weight excluding hydrogens is 244 g/mol. The normalized spacial score (nSPS) is 11.7. The standard InChI is InChI=1S/C13H24N4O2/c1-9(2)11(10(3)4)7-14-5-6-17-8-12(13(18)19)15-16-17/h8-11,14H,5-7H2,1-4H3,(H,18,19). The third kappa shape index (κ3) is 4.98. The van der Waals surface area contributed by atoms with Crippen molar-refractivity contribution >= 4 is 5.97 Å². The van der Waals surface area contributed by atoms with E-state index in [9.17, 15) is 4.79 Å². The summed E-state index contributed by atoms with van der Waals surface area (Å²) < 4.78 is 1.55. The Bertz CT molecular complexity index is 393. The Morgan fingerprint density at radius 1 is 1.37 bits per heavy atom. The van der Waals surface area contributed by atoms with Crippen LogP contribution in [0.4, 0.5) is 0 Å². The summed E-state index contributed by atoms with van der Waals surface area (Å²) in [6, 6.07) is 0. The molecule has 1 rings (SSSR count). The SMILES string of the molecule is CC(C)C(CNCCn1cc(C(=O)O)nn1)C(C)C. The second-order valence-corrected chi connectivity index (χ2v) is 5.53. The zero-order valence-electron chi connectivity index (χ0n) is 12.1. The van der Waals surface area contributed by atoms with Crippen molar-refractivity contribution in [3.8, 4) is 0 Å². The first-order valence-electron chi connectivity index (χ1n) is 6.76. The number of aromatic nitrogens is 3. The van der Waals surface area contributed by atoms with Gasteiger partial charge in [-0.2, -0.15) is 0 Å². The fourth-order valence-electron chi connectivity index (χ4n) is 2.21. The lowest BCUT2D eigenvalue weighted by atomic mass is 9.85. The van der Waals surface area contributed by atoms with E-state index in [4.69, 9.17) is 5.11 Å². The van der Waals surface area contributed by atoms with Crippen molar-refractivity contribution in [2.24, 2.45) is 17.8 Å². The zero-order chi connectivity index (χ0) is 14.4. The minimum Gasteiger partial charge on any atom is -0.476 e. The van der Waals surface area contributed by atoms with Crippen LogP contribution in [0.25, 0.3) is 0 Å². The number of nitrogens with zero attached hydrogens (tertiary/aromatic N) is 3. The highest BCUT2D eigenvalue weighted by Crippen LogP contribution is 2.19. The fourth-order valence-corrected chi connectivity index (χ4v) is 2.21. The molecule has 2 N–H and O–H groups in total. The predicted molar refractivity (Wildman–Crippen MR) is 73.0 cm³/mol. The van der Waals surface area contributed by atoms with E-state index < -0.39 is 5.97 Å². The number of rotatable bonds is 8. The Morgan fingerprint density at radius 2 is 2.00 bits per heavy atom. The topological polar surface area (TPSA) is 80.0 Å². The van der Waals surface area contributed by atoms with Crippen LogP contribution in [-0.4, -0.2) is 39.2 Å². The van der Waals surface area contributed by atoms with Crippen molar-refractivity contribution in [2.75, 3.05) is 13.1 Å². The first-order valence-corrected chi connectivity index (χ1v) is 6.76. The molecule has 0 saturated heterocycles. The van der Waals surface area contributed by atoms with E-state index in [1.807, 2.05) is 0 Å². The Kier molecular flexibility index (Phi) is 5.95. The van der Waals surface area contributed by atoms with Crippen LogP contribution < -0.4 is 5.32 Å². The summed E-state index contributed by atoms with van der Waals surface area (Å²) in [5, 5.41) is 19.5. The van der Waals surface area contributed by atoms with Crippen LogP contribution in [0, 0.1) is 17.8 Å². The van der Waals surface area contributed by atoms with Gasteiger partial charge >= 0.3 is 5.97 Å². The maximum Gasteiger partial charge on any atom is 0.358 e. The predicted octanol–water partition coefficient (Wildman–Crippen LogP) is 1.49. The first-order chi connectivity index (χ1) is 8.91. The smallest absolute Gasteiger partial charge is 0.358 e. The molecule has 0 aliphatic rings. The van der Waals surface area contributed by atoms with Crippen molar-refractivity contribution < 1.29 is 9.90 Å². The molecule has 6 nitrogen and oxygen atoms in total.